The van der Waals surface area contributed by atoms with E-state index in [2.05, 4.69) is 10.6 Å². The highest BCUT2D eigenvalue weighted by molar-refractivity contribution is 6.31. The lowest BCUT2D eigenvalue weighted by Gasteiger charge is -2.32. The monoisotopic (exact) mass is 280 g/mol. The molecule has 0 aromatic heterocycles. The predicted molar refractivity (Wildman–Crippen MR) is 79.8 cm³/mol. The Balaban J connectivity index is 2.16. The highest BCUT2D eigenvalue weighted by Crippen LogP contribution is 2.31. The molecule has 1 aliphatic heterocycles. The zero-order chi connectivity index (χ0) is 14.0. The standard InChI is InChI=1S/C15H21ClN2O/c1-10-9-13(11(2)8-12(10)16)18-14(19)15(3)4-6-17-7-5-15/h8-9,17H,4-7H2,1-3H3,(H,18,19). The molecule has 0 bridgehead atoms. The van der Waals surface area contributed by atoms with Crippen LogP contribution >= 0.6 is 11.6 Å². The van der Waals surface area contributed by atoms with Crippen molar-refractivity contribution in [1.29, 1.82) is 0 Å². The molecule has 0 aliphatic carbocycles. The molecule has 1 aromatic carbocycles. The summed E-state index contributed by atoms with van der Waals surface area (Å²) < 4.78 is 0. The minimum absolute atomic E-state index is 0.110. The molecule has 0 atom stereocenters. The van der Waals surface area contributed by atoms with E-state index in [-0.39, 0.29) is 11.3 Å². The molecule has 0 saturated carbocycles. The summed E-state index contributed by atoms with van der Waals surface area (Å²) in [6.07, 6.45) is 1.76. The number of hydrogen-bond donors (Lipinski definition) is 2. The van der Waals surface area contributed by atoms with Crippen LogP contribution in [0.25, 0.3) is 0 Å². The number of nitrogens with one attached hydrogen (secondary N) is 2. The summed E-state index contributed by atoms with van der Waals surface area (Å²) in [5.41, 5.74) is 2.58. The van der Waals surface area contributed by atoms with Crippen molar-refractivity contribution < 1.29 is 4.79 Å². The molecular formula is C15H21ClN2O. The Hall–Kier alpha value is -1.06. The van der Waals surface area contributed by atoms with Crippen LogP contribution in [-0.4, -0.2) is 19.0 Å². The van der Waals surface area contributed by atoms with Crippen molar-refractivity contribution in [1.82, 2.24) is 5.32 Å². The van der Waals surface area contributed by atoms with E-state index in [0.717, 1.165) is 47.8 Å². The molecule has 104 valence electrons. The Morgan fingerprint density at radius 2 is 1.89 bits per heavy atom. The van der Waals surface area contributed by atoms with Crippen molar-refractivity contribution >= 4 is 23.2 Å². The zero-order valence-corrected chi connectivity index (χ0v) is 12.5. The van der Waals surface area contributed by atoms with Crippen molar-refractivity contribution in [3.8, 4) is 0 Å². The number of benzene rings is 1. The number of halogens is 1. The first-order valence-electron chi connectivity index (χ1n) is 6.71. The van der Waals surface area contributed by atoms with Crippen LogP contribution in [-0.2, 0) is 4.79 Å². The van der Waals surface area contributed by atoms with Crippen molar-refractivity contribution in [2.24, 2.45) is 5.41 Å². The van der Waals surface area contributed by atoms with Crippen LogP contribution < -0.4 is 10.6 Å². The van der Waals surface area contributed by atoms with Crippen LogP contribution in [0.15, 0.2) is 12.1 Å². The Kier molecular flexibility index (Phi) is 4.16. The number of amides is 1. The van der Waals surface area contributed by atoms with E-state index in [9.17, 15) is 4.79 Å². The molecule has 0 unspecified atom stereocenters. The van der Waals surface area contributed by atoms with Crippen molar-refractivity contribution in [2.75, 3.05) is 18.4 Å². The molecule has 2 N–H and O–H groups in total. The summed E-state index contributed by atoms with van der Waals surface area (Å²) in [7, 11) is 0. The SMILES string of the molecule is Cc1cc(NC(=O)C2(C)CCNCC2)c(C)cc1Cl. The van der Waals surface area contributed by atoms with E-state index in [0.29, 0.717) is 0 Å². The first-order valence-corrected chi connectivity index (χ1v) is 7.09. The molecule has 19 heavy (non-hydrogen) atoms. The first kappa shape index (κ1) is 14.4. The van der Waals surface area contributed by atoms with Crippen LogP contribution in [0.5, 0.6) is 0 Å². The number of hydrogen-bond acceptors (Lipinski definition) is 2. The maximum atomic E-state index is 12.5. The van der Waals surface area contributed by atoms with Gasteiger partial charge in [0, 0.05) is 16.1 Å². The summed E-state index contributed by atoms with van der Waals surface area (Å²) in [4.78, 5) is 12.5. The third-order valence-electron chi connectivity index (χ3n) is 4.01. The van der Waals surface area contributed by atoms with E-state index in [1.807, 2.05) is 32.9 Å². The largest absolute Gasteiger partial charge is 0.325 e. The molecule has 0 radical (unpaired) electrons. The molecule has 1 saturated heterocycles. The second kappa shape index (κ2) is 5.51. The number of aryl methyl sites for hydroxylation is 2. The van der Waals surface area contributed by atoms with Gasteiger partial charge in [0.2, 0.25) is 5.91 Å². The highest BCUT2D eigenvalue weighted by Gasteiger charge is 2.34. The number of carbonyl (C=O) groups is 1. The van der Waals surface area contributed by atoms with Gasteiger partial charge >= 0.3 is 0 Å². The maximum absolute atomic E-state index is 12.5. The number of carbonyl (C=O) groups excluding carboxylic acids is 1. The van der Waals surface area contributed by atoms with E-state index in [4.69, 9.17) is 11.6 Å². The van der Waals surface area contributed by atoms with Gasteiger partial charge in [-0.25, -0.2) is 0 Å². The lowest BCUT2D eigenvalue weighted by molar-refractivity contribution is -0.126. The van der Waals surface area contributed by atoms with Crippen LogP contribution in [0.3, 0.4) is 0 Å². The minimum atomic E-state index is -0.273. The van der Waals surface area contributed by atoms with Crippen LogP contribution in [0.2, 0.25) is 5.02 Å². The topological polar surface area (TPSA) is 41.1 Å². The van der Waals surface area contributed by atoms with Gasteiger partial charge < -0.3 is 10.6 Å². The van der Waals surface area contributed by atoms with Gasteiger partial charge in [0.25, 0.3) is 0 Å². The van der Waals surface area contributed by atoms with Crippen molar-refractivity contribution in [2.45, 2.75) is 33.6 Å². The molecular weight excluding hydrogens is 260 g/mol. The fourth-order valence-electron chi connectivity index (χ4n) is 2.39. The Labute approximate surface area is 119 Å². The maximum Gasteiger partial charge on any atom is 0.230 e. The van der Waals surface area contributed by atoms with Crippen LogP contribution in [0.1, 0.15) is 30.9 Å². The lowest BCUT2D eigenvalue weighted by atomic mass is 9.80. The Morgan fingerprint density at radius 3 is 2.53 bits per heavy atom. The molecule has 1 amide bonds. The smallest absolute Gasteiger partial charge is 0.230 e. The second-order valence-corrected chi connectivity index (χ2v) is 6.09. The van der Waals surface area contributed by atoms with Gasteiger partial charge in [-0.05, 0) is 63.0 Å². The van der Waals surface area contributed by atoms with Gasteiger partial charge in [-0.1, -0.05) is 18.5 Å². The lowest BCUT2D eigenvalue weighted by Crippen LogP contribution is -2.42. The van der Waals surface area contributed by atoms with E-state index in [1.165, 1.54) is 0 Å². The molecule has 4 heteroatoms. The molecule has 0 spiro atoms. The Morgan fingerprint density at radius 1 is 1.26 bits per heavy atom. The highest BCUT2D eigenvalue weighted by atomic mass is 35.5. The van der Waals surface area contributed by atoms with E-state index >= 15 is 0 Å². The third-order valence-corrected chi connectivity index (χ3v) is 4.42. The summed E-state index contributed by atoms with van der Waals surface area (Å²) in [5.74, 6) is 0.110. The number of anilines is 1. The summed E-state index contributed by atoms with van der Waals surface area (Å²) in [6, 6.07) is 3.84. The van der Waals surface area contributed by atoms with Gasteiger partial charge in [0.05, 0.1) is 0 Å². The van der Waals surface area contributed by atoms with Crippen LogP contribution in [0.4, 0.5) is 5.69 Å². The summed E-state index contributed by atoms with van der Waals surface area (Å²) in [6.45, 7) is 7.77. The first-order chi connectivity index (χ1) is 8.92. The fourth-order valence-corrected chi connectivity index (χ4v) is 2.61. The van der Waals surface area contributed by atoms with Gasteiger partial charge in [-0.15, -0.1) is 0 Å². The fraction of sp³-hybridized carbons (Fsp3) is 0.533. The van der Waals surface area contributed by atoms with E-state index in [1.54, 1.807) is 0 Å². The molecule has 1 aromatic rings. The Bertz CT molecular complexity index is 493. The minimum Gasteiger partial charge on any atom is -0.325 e. The van der Waals surface area contributed by atoms with Gasteiger partial charge in [0.15, 0.2) is 0 Å². The van der Waals surface area contributed by atoms with Crippen molar-refractivity contribution in [3.05, 3.63) is 28.3 Å². The van der Waals surface area contributed by atoms with Gasteiger partial charge in [0.1, 0.15) is 0 Å². The third kappa shape index (κ3) is 3.10. The van der Waals surface area contributed by atoms with Crippen molar-refractivity contribution in [3.63, 3.8) is 0 Å². The van der Waals surface area contributed by atoms with Gasteiger partial charge in [-0.2, -0.15) is 0 Å². The normalized spacial score (nSPS) is 18.1. The number of piperidine rings is 1. The molecule has 2 rings (SSSR count). The van der Waals surface area contributed by atoms with Crippen LogP contribution in [0, 0.1) is 19.3 Å². The number of rotatable bonds is 2. The van der Waals surface area contributed by atoms with Gasteiger partial charge in [-0.3, -0.25) is 4.79 Å². The zero-order valence-electron chi connectivity index (χ0n) is 11.8. The molecule has 1 fully saturated rings. The average Bonchev–Trinajstić information content (AvgIpc) is 2.36. The molecule has 1 heterocycles. The molecule has 1 aliphatic rings. The summed E-state index contributed by atoms with van der Waals surface area (Å²) >= 11 is 6.08. The second-order valence-electron chi connectivity index (χ2n) is 5.68. The predicted octanol–water partition coefficient (Wildman–Crippen LogP) is 3.29. The molecule has 3 nitrogen and oxygen atoms in total. The average molecular weight is 281 g/mol. The quantitative estimate of drug-likeness (QED) is 0.873. The van der Waals surface area contributed by atoms with E-state index < -0.39 is 0 Å². The summed E-state index contributed by atoms with van der Waals surface area (Å²) in [5, 5.41) is 7.09.